The molecular weight excluding hydrogens is 365 g/mol. The first-order chi connectivity index (χ1) is 13.2. The zero-order valence-electron chi connectivity index (χ0n) is 15.3. The molecule has 1 aliphatic rings. The second-order valence-electron chi connectivity index (χ2n) is 6.44. The van der Waals surface area contributed by atoms with E-state index in [0.717, 1.165) is 43.3 Å². The van der Waals surface area contributed by atoms with Crippen LogP contribution >= 0.6 is 12.2 Å². The fourth-order valence-corrected chi connectivity index (χ4v) is 3.45. The van der Waals surface area contributed by atoms with Gasteiger partial charge in [0.1, 0.15) is 30.7 Å². The van der Waals surface area contributed by atoms with E-state index in [1.165, 1.54) is 17.0 Å². The van der Waals surface area contributed by atoms with Crippen LogP contribution in [0.1, 0.15) is 11.6 Å². The van der Waals surface area contributed by atoms with Crippen molar-refractivity contribution in [3.05, 3.63) is 59.9 Å². The maximum Gasteiger partial charge on any atom is 0.171 e. The maximum atomic E-state index is 13.3. The molecule has 0 unspecified atom stereocenters. The summed E-state index contributed by atoms with van der Waals surface area (Å²) in [5, 5.41) is 7.03. The minimum atomic E-state index is -0.224. The fourth-order valence-electron chi connectivity index (χ4n) is 3.25. The molecule has 1 aliphatic heterocycles. The zero-order chi connectivity index (χ0) is 19.1. The Balaban J connectivity index is 1.64. The SMILES string of the molecule is COc1cccc(NC(=S)NC[C@@H](c2ccc(F)cc2)[NH+]2CCOCC2)c1. The van der Waals surface area contributed by atoms with Crippen LogP contribution in [0.2, 0.25) is 0 Å². The number of anilines is 1. The number of rotatable bonds is 6. The first-order valence-electron chi connectivity index (χ1n) is 9.02. The van der Waals surface area contributed by atoms with Crippen molar-refractivity contribution in [2.24, 2.45) is 0 Å². The van der Waals surface area contributed by atoms with Crippen LogP contribution in [0, 0.1) is 5.82 Å². The van der Waals surface area contributed by atoms with Gasteiger partial charge in [0, 0.05) is 17.3 Å². The minimum absolute atomic E-state index is 0.166. The van der Waals surface area contributed by atoms with Gasteiger partial charge in [0.2, 0.25) is 0 Å². The third-order valence-electron chi connectivity index (χ3n) is 4.69. The van der Waals surface area contributed by atoms with E-state index in [1.54, 1.807) is 7.11 Å². The molecule has 5 nitrogen and oxygen atoms in total. The molecule has 0 amide bonds. The Bertz CT molecular complexity index is 751. The fraction of sp³-hybridized carbons (Fsp3) is 0.350. The van der Waals surface area contributed by atoms with Crippen molar-refractivity contribution in [2.75, 3.05) is 45.3 Å². The number of ether oxygens (including phenoxy) is 2. The average Bonchev–Trinajstić information content (AvgIpc) is 2.70. The highest BCUT2D eigenvalue weighted by Gasteiger charge is 2.26. The summed E-state index contributed by atoms with van der Waals surface area (Å²) in [7, 11) is 1.63. The van der Waals surface area contributed by atoms with Crippen molar-refractivity contribution in [1.29, 1.82) is 0 Å². The molecule has 7 heteroatoms. The van der Waals surface area contributed by atoms with Gasteiger partial charge in [0.15, 0.2) is 5.11 Å². The number of nitrogens with one attached hydrogen (secondary N) is 3. The second kappa shape index (κ2) is 9.64. The van der Waals surface area contributed by atoms with Gasteiger partial charge in [-0.05, 0) is 36.5 Å². The van der Waals surface area contributed by atoms with E-state index < -0.39 is 0 Å². The molecule has 0 aromatic heterocycles. The Labute approximate surface area is 164 Å². The minimum Gasteiger partial charge on any atom is -0.497 e. The lowest BCUT2D eigenvalue weighted by Crippen LogP contribution is -3.15. The van der Waals surface area contributed by atoms with E-state index in [0.29, 0.717) is 11.7 Å². The summed E-state index contributed by atoms with van der Waals surface area (Å²) in [6, 6.07) is 14.5. The Morgan fingerprint density at radius 3 is 2.67 bits per heavy atom. The summed E-state index contributed by atoms with van der Waals surface area (Å²) < 4.78 is 24.0. The largest absolute Gasteiger partial charge is 0.497 e. The molecule has 1 fully saturated rings. The highest BCUT2D eigenvalue weighted by atomic mass is 32.1. The van der Waals surface area contributed by atoms with Crippen molar-refractivity contribution in [3.8, 4) is 5.75 Å². The number of hydrogen-bond donors (Lipinski definition) is 3. The molecule has 3 N–H and O–H groups in total. The van der Waals surface area contributed by atoms with Crippen LogP contribution in [-0.2, 0) is 4.74 Å². The number of quaternary nitrogens is 1. The topological polar surface area (TPSA) is 47.0 Å². The standard InChI is InChI=1S/C20H24FN3O2S/c1-25-18-4-2-3-17(13-18)23-20(27)22-14-19(24-9-11-26-12-10-24)15-5-7-16(21)8-6-15/h2-8,13,19H,9-12,14H2,1H3,(H2,22,23,27)/p+1/t19-/m0/s1. The van der Waals surface area contributed by atoms with Crippen molar-refractivity contribution in [2.45, 2.75) is 6.04 Å². The molecule has 0 radical (unpaired) electrons. The van der Waals surface area contributed by atoms with E-state index in [4.69, 9.17) is 21.7 Å². The predicted octanol–water partition coefficient (Wildman–Crippen LogP) is 1.78. The normalized spacial score (nSPS) is 15.8. The third kappa shape index (κ3) is 5.63. The van der Waals surface area contributed by atoms with E-state index in [-0.39, 0.29) is 11.9 Å². The lowest BCUT2D eigenvalue weighted by molar-refractivity contribution is -0.937. The predicted molar refractivity (Wildman–Crippen MR) is 108 cm³/mol. The highest BCUT2D eigenvalue weighted by Crippen LogP contribution is 2.16. The molecule has 3 rings (SSSR count). The lowest BCUT2D eigenvalue weighted by Gasteiger charge is -2.32. The third-order valence-corrected chi connectivity index (χ3v) is 4.94. The quantitative estimate of drug-likeness (QED) is 0.657. The van der Waals surface area contributed by atoms with Crippen LogP contribution in [0.25, 0.3) is 0 Å². The summed E-state index contributed by atoms with van der Waals surface area (Å²) in [6.45, 7) is 3.95. The van der Waals surface area contributed by atoms with Gasteiger partial charge >= 0.3 is 0 Å². The summed E-state index contributed by atoms with van der Waals surface area (Å²) in [5.41, 5.74) is 1.95. The molecule has 0 spiro atoms. The van der Waals surface area contributed by atoms with Crippen LogP contribution in [0.15, 0.2) is 48.5 Å². The molecule has 2 aromatic carbocycles. The first kappa shape index (κ1) is 19.5. The molecule has 144 valence electrons. The van der Waals surface area contributed by atoms with Crippen LogP contribution in [0.3, 0.4) is 0 Å². The maximum absolute atomic E-state index is 13.3. The molecule has 1 atom stereocenters. The van der Waals surface area contributed by atoms with E-state index in [9.17, 15) is 4.39 Å². The summed E-state index contributed by atoms with van der Waals surface area (Å²) in [4.78, 5) is 1.41. The van der Waals surface area contributed by atoms with E-state index >= 15 is 0 Å². The smallest absolute Gasteiger partial charge is 0.171 e. The van der Waals surface area contributed by atoms with Crippen LogP contribution < -0.4 is 20.3 Å². The molecule has 1 heterocycles. The Hall–Kier alpha value is -2.22. The van der Waals surface area contributed by atoms with Gasteiger partial charge in [-0.15, -0.1) is 0 Å². The van der Waals surface area contributed by atoms with Crippen LogP contribution in [-0.4, -0.2) is 45.1 Å². The van der Waals surface area contributed by atoms with Gasteiger partial charge in [0.05, 0.1) is 26.9 Å². The summed E-state index contributed by atoms with van der Waals surface area (Å²) in [6.07, 6.45) is 0. The summed E-state index contributed by atoms with van der Waals surface area (Å²) >= 11 is 5.45. The first-order valence-corrected chi connectivity index (χ1v) is 9.43. The van der Waals surface area contributed by atoms with Crippen molar-refractivity contribution >= 4 is 23.0 Å². The summed E-state index contributed by atoms with van der Waals surface area (Å²) in [5.74, 6) is 0.544. The lowest BCUT2D eigenvalue weighted by atomic mass is 10.0. The average molecular weight is 391 g/mol. The zero-order valence-corrected chi connectivity index (χ0v) is 16.2. The number of methoxy groups -OCH3 is 1. The van der Waals surface area contributed by atoms with Crippen molar-refractivity contribution < 1.29 is 18.8 Å². The van der Waals surface area contributed by atoms with Gasteiger partial charge in [-0.1, -0.05) is 18.2 Å². The van der Waals surface area contributed by atoms with Crippen molar-refractivity contribution in [1.82, 2.24) is 5.32 Å². The van der Waals surface area contributed by atoms with Crippen LogP contribution in [0.5, 0.6) is 5.75 Å². The van der Waals surface area contributed by atoms with E-state index in [1.807, 2.05) is 36.4 Å². The number of thiocarbonyl (C=S) groups is 1. The van der Waals surface area contributed by atoms with Crippen molar-refractivity contribution in [3.63, 3.8) is 0 Å². The number of hydrogen-bond acceptors (Lipinski definition) is 3. The number of morpholine rings is 1. The number of benzene rings is 2. The molecule has 0 bridgehead atoms. The van der Waals surface area contributed by atoms with Crippen LogP contribution in [0.4, 0.5) is 10.1 Å². The monoisotopic (exact) mass is 390 g/mol. The Kier molecular flexibility index (Phi) is 6.98. The molecule has 0 aliphatic carbocycles. The van der Waals surface area contributed by atoms with Gasteiger partial charge in [0.25, 0.3) is 0 Å². The highest BCUT2D eigenvalue weighted by molar-refractivity contribution is 7.80. The van der Waals surface area contributed by atoms with E-state index in [2.05, 4.69) is 10.6 Å². The molecular formula is C20H25FN3O2S+. The Morgan fingerprint density at radius 2 is 1.96 bits per heavy atom. The van der Waals surface area contributed by atoms with Gasteiger partial charge in [-0.25, -0.2) is 4.39 Å². The Morgan fingerprint density at radius 1 is 1.22 bits per heavy atom. The van der Waals surface area contributed by atoms with Gasteiger partial charge in [-0.2, -0.15) is 0 Å². The molecule has 27 heavy (non-hydrogen) atoms. The van der Waals surface area contributed by atoms with Gasteiger partial charge < -0.3 is 25.0 Å². The van der Waals surface area contributed by atoms with Gasteiger partial charge in [-0.3, -0.25) is 0 Å². The molecule has 1 saturated heterocycles. The molecule has 2 aromatic rings. The second-order valence-corrected chi connectivity index (χ2v) is 6.85. The molecule has 0 saturated carbocycles. The number of halogens is 1.